The average molecular weight is 261 g/mol. The molecule has 0 bridgehead atoms. The van der Waals surface area contributed by atoms with Crippen molar-refractivity contribution in [2.45, 2.75) is 0 Å². The smallest absolute Gasteiger partial charge is 0.262 e. The van der Waals surface area contributed by atoms with E-state index in [-0.39, 0.29) is 24.1 Å². The van der Waals surface area contributed by atoms with E-state index in [0.29, 0.717) is 11.4 Å². The van der Waals surface area contributed by atoms with E-state index in [4.69, 9.17) is 9.84 Å². The monoisotopic (exact) mass is 261 g/mol. The molecule has 0 spiro atoms. The quantitative estimate of drug-likeness (QED) is 0.889. The molecule has 0 atom stereocenters. The summed E-state index contributed by atoms with van der Waals surface area (Å²) in [7, 11) is 0. The molecular formula is C14H12FNO3. The number of carbonyl (C=O) groups is 1. The number of carbonyl (C=O) groups excluding carboxylic acids is 1. The molecule has 2 aromatic carbocycles. The van der Waals surface area contributed by atoms with Crippen LogP contribution in [0.3, 0.4) is 0 Å². The van der Waals surface area contributed by atoms with Gasteiger partial charge in [-0.3, -0.25) is 4.79 Å². The lowest BCUT2D eigenvalue weighted by Crippen LogP contribution is -2.20. The highest BCUT2D eigenvalue weighted by molar-refractivity contribution is 5.91. The predicted octanol–water partition coefficient (Wildman–Crippen LogP) is 2.55. The highest BCUT2D eigenvalue weighted by Crippen LogP contribution is 2.16. The number of halogens is 1. The Morgan fingerprint density at radius 1 is 1.11 bits per heavy atom. The molecule has 0 saturated heterocycles. The molecule has 2 N–H and O–H groups in total. The van der Waals surface area contributed by atoms with E-state index < -0.39 is 0 Å². The molecule has 0 radical (unpaired) electrons. The Morgan fingerprint density at radius 3 is 2.37 bits per heavy atom. The maximum absolute atomic E-state index is 12.7. The van der Waals surface area contributed by atoms with Crippen molar-refractivity contribution in [3.05, 3.63) is 54.3 Å². The Labute approximate surface area is 109 Å². The van der Waals surface area contributed by atoms with Gasteiger partial charge in [-0.2, -0.15) is 0 Å². The molecule has 98 valence electrons. The zero-order valence-corrected chi connectivity index (χ0v) is 9.97. The van der Waals surface area contributed by atoms with Crippen LogP contribution in [0.5, 0.6) is 11.5 Å². The highest BCUT2D eigenvalue weighted by atomic mass is 19.1. The summed E-state index contributed by atoms with van der Waals surface area (Å²) < 4.78 is 17.9. The molecule has 2 aromatic rings. The molecule has 0 saturated carbocycles. The Kier molecular flexibility index (Phi) is 3.97. The predicted molar refractivity (Wildman–Crippen MR) is 68.6 cm³/mol. The van der Waals surface area contributed by atoms with Crippen molar-refractivity contribution in [2.24, 2.45) is 0 Å². The van der Waals surface area contributed by atoms with E-state index in [2.05, 4.69) is 5.32 Å². The first kappa shape index (κ1) is 12.9. The van der Waals surface area contributed by atoms with E-state index in [0.717, 1.165) is 0 Å². The van der Waals surface area contributed by atoms with E-state index in [1.807, 2.05) is 0 Å². The summed E-state index contributed by atoms with van der Waals surface area (Å²) in [6.45, 7) is -0.165. The fourth-order valence-electron chi connectivity index (χ4n) is 1.42. The zero-order chi connectivity index (χ0) is 13.7. The van der Waals surface area contributed by atoms with Crippen LogP contribution in [-0.2, 0) is 4.79 Å². The van der Waals surface area contributed by atoms with Crippen LogP contribution in [0.2, 0.25) is 0 Å². The number of amides is 1. The Morgan fingerprint density at radius 2 is 1.74 bits per heavy atom. The van der Waals surface area contributed by atoms with Gasteiger partial charge < -0.3 is 15.2 Å². The van der Waals surface area contributed by atoms with Gasteiger partial charge in [-0.25, -0.2) is 4.39 Å². The van der Waals surface area contributed by atoms with Gasteiger partial charge in [0, 0.05) is 5.69 Å². The zero-order valence-electron chi connectivity index (χ0n) is 9.97. The molecule has 1 amide bonds. The topological polar surface area (TPSA) is 58.6 Å². The van der Waals surface area contributed by atoms with E-state index in [1.54, 1.807) is 12.1 Å². The molecule has 0 unspecified atom stereocenters. The summed E-state index contributed by atoms with van der Waals surface area (Å²) in [6, 6.07) is 11.5. The summed E-state index contributed by atoms with van der Waals surface area (Å²) in [5.41, 5.74) is 0.501. The lowest BCUT2D eigenvalue weighted by molar-refractivity contribution is -0.118. The van der Waals surface area contributed by atoms with Crippen molar-refractivity contribution >= 4 is 11.6 Å². The summed E-state index contributed by atoms with van der Waals surface area (Å²) in [5.74, 6) is -0.104. The average Bonchev–Trinajstić information content (AvgIpc) is 2.41. The lowest BCUT2D eigenvalue weighted by atomic mass is 10.3. The Hall–Kier alpha value is -2.56. The van der Waals surface area contributed by atoms with Crippen molar-refractivity contribution in [1.29, 1.82) is 0 Å². The van der Waals surface area contributed by atoms with E-state index in [1.165, 1.54) is 36.4 Å². The van der Waals surface area contributed by atoms with E-state index >= 15 is 0 Å². The molecule has 0 aliphatic heterocycles. The molecule has 0 fully saturated rings. The van der Waals surface area contributed by atoms with E-state index in [9.17, 15) is 9.18 Å². The van der Waals surface area contributed by atoms with Gasteiger partial charge in [0.2, 0.25) is 0 Å². The molecule has 2 rings (SSSR count). The van der Waals surface area contributed by atoms with Crippen molar-refractivity contribution in [3.8, 4) is 11.5 Å². The summed E-state index contributed by atoms with van der Waals surface area (Å²) in [4.78, 5) is 11.6. The normalized spacial score (nSPS) is 9.95. The summed E-state index contributed by atoms with van der Waals surface area (Å²) >= 11 is 0. The number of nitrogens with one attached hydrogen (secondary N) is 1. The summed E-state index contributed by atoms with van der Waals surface area (Å²) in [5, 5.41) is 11.7. The number of phenols is 1. The third kappa shape index (κ3) is 3.99. The molecule has 0 heterocycles. The van der Waals surface area contributed by atoms with Crippen LogP contribution in [0.4, 0.5) is 10.1 Å². The number of aromatic hydroxyl groups is 1. The maximum atomic E-state index is 12.7. The van der Waals surface area contributed by atoms with Crippen LogP contribution in [0.25, 0.3) is 0 Å². The molecule has 4 nitrogen and oxygen atoms in total. The number of rotatable bonds is 4. The third-order valence-electron chi connectivity index (χ3n) is 2.33. The number of hydrogen-bond acceptors (Lipinski definition) is 3. The second-order valence-electron chi connectivity index (χ2n) is 3.84. The molecular weight excluding hydrogens is 249 g/mol. The van der Waals surface area contributed by atoms with Crippen LogP contribution in [0.15, 0.2) is 48.5 Å². The van der Waals surface area contributed by atoms with Crippen molar-refractivity contribution < 1.29 is 19.0 Å². The van der Waals surface area contributed by atoms with Crippen LogP contribution in [-0.4, -0.2) is 17.6 Å². The first-order chi connectivity index (χ1) is 9.13. The van der Waals surface area contributed by atoms with Gasteiger partial charge in [-0.05, 0) is 48.5 Å². The van der Waals surface area contributed by atoms with Gasteiger partial charge in [0.05, 0.1) is 0 Å². The van der Waals surface area contributed by atoms with Crippen LogP contribution in [0, 0.1) is 5.82 Å². The number of hydrogen-bond donors (Lipinski definition) is 2. The van der Waals surface area contributed by atoms with Crippen LogP contribution >= 0.6 is 0 Å². The molecule has 0 aliphatic rings. The van der Waals surface area contributed by atoms with Gasteiger partial charge in [0.15, 0.2) is 6.61 Å². The SMILES string of the molecule is O=C(COc1ccc(O)cc1)Nc1ccc(F)cc1. The Bertz CT molecular complexity index is 552. The number of anilines is 1. The second-order valence-corrected chi connectivity index (χ2v) is 3.84. The fourth-order valence-corrected chi connectivity index (χ4v) is 1.42. The molecule has 5 heteroatoms. The fraction of sp³-hybridized carbons (Fsp3) is 0.0714. The standard InChI is InChI=1S/C14H12FNO3/c15-10-1-3-11(4-2-10)16-14(18)9-19-13-7-5-12(17)6-8-13/h1-8,17H,9H2,(H,16,18). The first-order valence-corrected chi connectivity index (χ1v) is 5.61. The number of ether oxygens (including phenoxy) is 1. The van der Waals surface area contributed by atoms with Gasteiger partial charge in [0.1, 0.15) is 17.3 Å². The van der Waals surface area contributed by atoms with Gasteiger partial charge in [-0.15, -0.1) is 0 Å². The molecule has 0 aliphatic carbocycles. The second kappa shape index (κ2) is 5.86. The lowest BCUT2D eigenvalue weighted by Gasteiger charge is -2.07. The van der Waals surface area contributed by atoms with Gasteiger partial charge in [-0.1, -0.05) is 0 Å². The van der Waals surface area contributed by atoms with Crippen LogP contribution < -0.4 is 10.1 Å². The maximum Gasteiger partial charge on any atom is 0.262 e. The van der Waals surface area contributed by atoms with Gasteiger partial charge >= 0.3 is 0 Å². The highest BCUT2D eigenvalue weighted by Gasteiger charge is 2.04. The minimum absolute atomic E-state index is 0.128. The minimum Gasteiger partial charge on any atom is -0.508 e. The van der Waals surface area contributed by atoms with Crippen molar-refractivity contribution in [2.75, 3.05) is 11.9 Å². The first-order valence-electron chi connectivity index (χ1n) is 5.61. The van der Waals surface area contributed by atoms with Crippen molar-refractivity contribution in [3.63, 3.8) is 0 Å². The van der Waals surface area contributed by atoms with Gasteiger partial charge in [0.25, 0.3) is 5.91 Å². The molecule has 19 heavy (non-hydrogen) atoms. The molecule has 0 aromatic heterocycles. The largest absolute Gasteiger partial charge is 0.508 e. The summed E-state index contributed by atoms with van der Waals surface area (Å²) in [6.07, 6.45) is 0. The third-order valence-corrected chi connectivity index (χ3v) is 2.33. The number of benzene rings is 2. The minimum atomic E-state index is -0.363. The number of phenolic OH excluding ortho intramolecular Hbond substituents is 1. The van der Waals surface area contributed by atoms with Crippen LogP contribution in [0.1, 0.15) is 0 Å². The Balaban J connectivity index is 1.84. The van der Waals surface area contributed by atoms with Crippen molar-refractivity contribution in [1.82, 2.24) is 0 Å².